The minimum absolute atomic E-state index is 0.622. The number of anilines is 1. The number of hydrogen-bond donors (Lipinski definition) is 0. The number of benzene rings is 1. The molecule has 2 nitrogen and oxygen atoms in total. The van der Waals surface area contributed by atoms with Crippen molar-refractivity contribution in [2.75, 3.05) is 16.8 Å². The average molecular weight is 325 g/mol. The third-order valence-corrected chi connectivity index (χ3v) is 5.34. The molecule has 1 saturated heterocycles. The Labute approximate surface area is 120 Å². The maximum atomic E-state index is 4.58. The predicted molar refractivity (Wildman–Crippen MR) is 83.0 cm³/mol. The van der Waals surface area contributed by atoms with Crippen LogP contribution >= 0.6 is 27.5 Å². The minimum atomic E-state index is 0.622. The van der Waals surface area contributed by atoms with E-state index >= 15 is 0 Å². The highest BCUT2D eigenvalue weighted by molar-refractivity contribution is 9.09. The fraction of sp³-hybridized carbons (Fsp3) is 0.500. The average Bonchev–Trinajstić information content (AvgIpc) is 2.69. The van der Waals surface area contributed by atoms with Gasteiger partial charge in [-0.25, -0.2) is 0 Å². The molecule has 1 aromatic heterocycles. The Morgan fingerprint density at radius 1 is 1.28 bits per heavy atom. The number of aromatic nitrogens is 1. The van der Waals surface area contributed by atoms with E-state index in [1.54, 1.807) is 11.5 Å². The van der Waals surface area contributed by atoms with Crippen LogP contribution in [-0.4, -0.2) is 22.3 Å². The van der Waals surface area contributed by atoms with Gasteiger partial charge in [-0.15, -0.1) is 0 Å². The van der Waals surface area contributed by atoms with Crippen molar-refractivity contribution >= 4 is 43.4 Å². The third-order valence-electron chi connectivity index (χ3n) is 3.68. The lowest BCUT2D eigenvalue weighted by molar-refractivity contribution is 0.630. The molecule has 0 amide bonds. The lowest BCUT2D eigenvalue weighted by Crippen LogP contribution is -2.35. The molecule has 1 aliphatic rings. The van der Waals surface area contributed by atoms with Gasteiger partial charge in [0, 0.05) is 23.3 Å². The van der Waals surface area contributed by atoms with Crippen LogP contribution in [-0.2, 0) is 0 Å². The molecule has 1 atom stereocenters. The van der Waals surface area contributed by atoms with Crippen LogP contribution in [0.1, 0.15) is 25.7 Å². The number of halogens is 1. The Morgan fingerprint density at radius 2 is 2.17 bits per heavy atom. The molecule has 1 fully saturated rings. The molecule has 0 saturated carbocycles. The molecular weight excluding hydrogens is 308 g/mol. The van der Waals surface area contributed by atoms with Crippen LogP contribution in [0.5, 0.6) is 0 Å². The van der Waals surface area contributed by atoms with E-state index in [-0.39, 0.29) is 0 Å². The second-order valence-corrected chi connectivity index (χ2v) is 6.26. The van der Waals surface area contributed by atoms with Crippen molar-refractivity contribution in [1.29, 1.82) is 0 Å². The monoisotopic (exact) mass is 324 g/mol. The molecular formula is C14H17BrN2S. The minimum Gasteiger partial charge on any atom is -0.358 e. The molecule has 18 heavy (non-hydrogen) atoms. The first-order valence-corrected chi connectivity index (χ1v) is 8.46. The van der Waals surface area contributed by atoms with Gasteiger partial charge < -0.3 is 4.90 Å². The highest BCUT2D eigenvalue weighted by Gasteiger charge is 2.23. The van der Waals surface area contributed by atoms with Crippen LogP contribution in [0.15, 0.2) is 24.3 Å². The summed E-state index contributed by atoms with van der Waals surface area (Å²) in [7, 11) is 0. The zero-order chi connectivity index (χ0) is 12.4. The first-order chi connectivity index (χ1) is 8.90. The Bertz CT molecular complexity index is 525. The molecule has 2 aromatic rings. The Kier molecular flexibility index (Phi) is 3.85. The number of nitrogens with zero attached hydrogens (tertiary/aromatic N) is 2. The maximum absolute atomic E-state index is 4.58. The number of alkyl halides is 1. The van der Waals surface area contributed by atoms with Crippen molar-refractivity contribution < 1.29 is 0 Å². The van der Waals surface area contributed by atoms with Crippen molar-refractivity contribution in [3.63, 3.8) is 0 Å². The van der Waals surface area contributed by atoms with E-state index in [1.807, 2.05) is 0 Å². The molecule has 0 spiro atoms. The summed E-state index contributed by atoms with van der Waals surface area (Å²) < 4.78 is 4.58. The Hall–Kier alpha value is -0.610. The molecule has 0 radical (unpaired) electrons. The Balaban J connectivity index is 2.00. The fourth-order valence-corrected chi connectivity index (χ4v) is 4.32. The fourth-order valence-electron chi connectivity index (χ4n) is 2.69. The van der Waals surface area contributed by atoms with Gasteiger partial charge in [0.05, 0.1) is 5.52 Å². The molecule has 0 N–H and O–H groups in total. The summed E-state index contributed by atoms with van der Waals surface area (Å²) in [5.41, 5.74) is 1.13. The molecule has 2 heterocycles. The molecule has 96 valence electrons. The smallest absolute Gasteiger partial charge is 0.120 e. The second kappa shape index (κ2) is 5.57. The zero-order valence-electron chi connectivity index (χ0n) is 10.3. The highest BCUT2D eigenvalue weighted by atomic mass is 79.9. The number of fused-ring (bicyclic) bond motifs is 1. The van der Waals surface area contributed by atoms with Gasteiger partial charge in [-0.05, 0) is 36.5 Å². The van der Waals surface area contributed by atoms with Gasteiger partial charge in [-0.2, -0.15) is 4.37 Å². The largest absolute Gasteiger partial charge is 0.358 e. The summed E-state index contributed by atoms with van der Waals surface area (Å²) >= 11 is 5.33. The topological polar surface area (TPSA) is 16.1 Å². The van der Waals surface area contributed by atoms with Crippen LogP contribution in [0.4, 0.5) is 5.00 Å². The normalized spacial score (nSPS) is 21.2. The predicted octanol–water partition coefficient (Wildman–Crippen LogP) is 4.44. The van der Waals surface area contributed by atoms with Gasteiger partial charge in [0.25, 0.3) is 0 Å². The van der Waals surface area contributed by atoms with Gasteiger partial charge >= 0.3 is 0 Å². The van der Waals surface area contributed by atoms with Gasteiger partial charge in [-0.1, -0.05) is 40.9 Å². The number of rotatable bonds is 2. The van der Waals surface area contributed by atoms with E-state index in [4.69, 9.17) is 0 Å². The third kappa shape index (κ3) is 2.28. The summed E-state index contributed by atoms with van der Waals surface area (Å²) in [6, 6.07) is 9.11. The molecule has 0 aliphatic carbocycles. The van der Waals surface area contributed by atoms with Crippen molar-refractivity contribution in [2.24, 2.45) is 0 Å². The zero-order valence-corrected chi connectivity index (χ0v) is 12.7. The quantitative estimate of drug-likeness (QED) is 0.759. The summed E-state index contributed by atoms with van der Waals surface area (Å²) in [6.45, 7) is 1.17. The van der Waals surface area contributed by atoms with Crippen LogP contribution in [0.2, 0.25) is 0 Å². The Morgan fingerprint density at radius 3 is 3.06 bits per heavy atom. The summed E-state index contributed by atoms with van der Waals surface area (Å²) in [5.74, 6) is 0. The first kappa shape index (κ1) is 12.4. The van der Waals surface area contributed by atoms with Gasteiger partial charge in [-0.3, -0.25) is 0 Å². The maximum Gasteiger partial charge on any atom is 0.120 e. The van der Waals surface area contributed by atoms with E-state index in [2.05, 4.69) is 49.5 Å². The SMILES string of the molecule is BrCC1CCCCCN1c1snc2ccccc12. The van der Waals surface area contributed by atoms with Crippen LogP contribution in [0.25, 0.3) is 10.9 Å². The summed E-state index contributed by atoms with van der Waals surface area (Å²) in [4.78, 5) is 2.57. The molecule has 1 aromatic carbocycles. The van der Waals surface area contributed by atoms with Gasteiger partial charge in [0.1, 0.15) is 5.00 Å². The lowest BCUT2D eigenvalue weighted by Gasteiger charge is -2.29. The molecule has 1 aliphatic heterocycles. The van der Waals surface area contributed by atoms with Gasteiger partial charge in [0.2, 0.25) is 0 Å². The number of hydrogen-bond acceptors (Lipinski definition) is 3. The van der Waals surface area contributed by atoms with Crippen LogP contribution < -0.4 is 4.90 Å². The molecule has 3 rings (SSSR count). The van der Waals surface area contributed by atoms with E-state index in [0.717, 1.165) is 10.8 Å². The van der Waals surface area contributed by atoms with Crippen molar-refractivity contribution in [3.8, 4) is 0 Å². The summed E-state index contributed by atoms with van der Waals surface area (Å²) in [6.07, 6.45) is 5.30. The van der Waals surface area contributed by atoms with E-state index in [1.165, 1.54) is 42.6 Å². The van der Waals surface area contributed by atoms with E-state index in [0.29, 0.717) is 6.04 Å². The van der Waals surface area contributed by atoms with Crippen molar-refractivity contribution in [3.05, 3.63) is 24.3 Å². The van der Waals surface area contributed by atoms with Crippen LogP contribution in [0.3, 0.4) is 0 Å². The van der Waals surface area contributed by atoms with Crippen molar-refractivity contribution in [2.45, 2.75) is 31.7 Å². The molecule has 1 unspecified atom stereocenters. The standard InChI is InChI=1S/C14H17BrN2S/c15-10-11-6-2-1-5-9-17(11)14-12-7-3-4-8-13(12)16-18-14/h3-4,7-8,11H,1-2,5-6,9-10H2. The van der Waals surface area contributed by atoms with Gasteiger partial charge in [0.15, 0.2) is 0 Å². The van der Waals surface area contributed by atoms with E-state index < -0.39 is 0 Å². The lowest BCUT2D eigenvalue weighted by atomic mass is 10.1. The van der Waals surface area contributed by atoms with E-state index in [9.17, 15) is 0 Å². The molecule has 0 bridgehead atoms. The first-order valence-electron chi connectivity index (χ1n) is 6.57. The second-order valence-electron chi connectivity index (χ2n) is 4.86. The summed E-state index contributed by atoms with van der Waals surface area (Å²) in [5, 5.41) is 3.73. The molecule has 4 heteroatoms. The van der Waals surface area contributed by atoms with Crippen molar-refractivity contribution in [1.82, 2.24) is 4.37 Å². The van der Waals surface area contributed by atoms with Crippen LogP contribution in [0, 0.1) is 0 Å². The highest BCUT2D eigenvalue weighted by Crippen LogP contribution is 2.35.